The van der Waals surface area contributed by atoms with Gasteiger partial charge in [0.15, 0.2) is 5.82 Å². The Labute approximate surface area is 108 Å². The van der Waals surface area contributed by atoms with Gasteiger partial charge in [0, 0.05) is 12.1 Å². The number of rotatable bonds is 5. The van der Waals surface area contributed by atoms with Gasteiger partial charge in [0.25, 0.3) is 0 Å². The number of aromatic nitrogens is 3. The quantitative estimate of drug-likeness (QED) is 0.812. The molecular weight excluding hydrogens is 226 g/mol. The molecule has 1 aromatic carbocycles. The van der Waals surface area contributed by atoms with Crippen LogP contribution in [0.15, 0.2) is 24.3 Å². The number of hydrogen-bond acceptors (Lipinski definition) is 3. The molecule has 0 N–H and O–H groups in total. The summed E-state index contributed by atoms with van der Waals surface area (Å²) in [6, 6.07) is 8.02. The van der Waals surface area contributed by atoms with Gasteiger partial charge >= 0.3 is 0 Å². The van der Waals surface area contributed by atoms with Crippen molar-refractivity contribution in [1.29, 1.82) is 0 Å². The Morgan fingerprint density at radius 1 is 1.28 bits per heavy atom. The van der Waals surface area contributed by atoms with Gasteiger partial charge in [-0.2, -0.15) is 5.10 Å². The maximum Gasteiger partial charge on any atom is 0.158 e. The average molecular weight is 245 g/mol. The van der Waals surface area contributed by atoms with Gasteiger partial charge in [-0.1, -0.05) is 19.1 Å². The molecule has 2 aromatic rings. The van der Waals surface area contributed by atoms with E-state index >= 15 is 0 Å². The van der Waals surface area contributed by atoms with E-state index in [1.165, 1.54) is 0 Å². The second-order valence-electron chi connectivity index (χ2n) is 4.17. The van der Waals surface area contributed by atoms with E-state index in [1.807, 2.05) is 35.9 Å². The largest absolute Gasteiger partial charge is 0.494 e. The van der Waals surface area contributed by atoms with E-state index in [-0.39, 0.29) is 0 Å². The first-order chi connectivity index (χ1) is 8.74. The third kappa shape index (κ3) is 2.70. The van der Waals surface area contributed by atoms with E-state index in [4.69, 9.17) is 4.74 Å². The van der Waals surface area contributed by atoms with Gasteiger partial charge < -0.3 is 4.74 Å². The van der Waals surface area contributed by atoms with Crippen LogP contribution in [0.25, 0.3) is 11.4 Å². The summed E-state index contributed by atoms with van der Waals surface area (Å²) in [5, 5.41) is 4.36. The summed E-state index contributed by atoms with van der Waals surface area (Å²) in [5.74, 6) is 2.58. The van der Waals surface area contributed by atoms with Crippen LogP contribution in [0, 0.1) is 6.92 Å². The Balaban J connectivity index is 2.31. The number of hydrogen-bond donors (Lipinski definition) is 0. The maximum atomic E-state index is 5.64. The standard InChI is InChI=1S/C14H19N3O/c1-4-9-18-13-8-6-7-12(10-13)14-15-11(3)16-17(14)5-2/h6-8,10H,4-5,9H2,1-3H3. The normalized spacial score (nSPS) is 10.6. The fourth-order valence-electron chi connectivity index (χ4n) is 1.83. The molecule has 4 heteroatoms. The monoisotopic (exact) mass is 245 g/mol. The molecule has 0 spiro atoms. The third-order valence-corrected chi connectivity index (χ3v) is 2.64. The van der Waals surface area contributed by atoms with E-state index in [0.29, 0.717) is 0 Å². The number of aryl methyl sites for hydroxylation is 2. The molecule has 18 heavy (non-hydrogen) atoms. The van der Waals surface area contributed by atoms with Crippen molar-refractivity contribution < 1.29 is 4.74 Å². The van der Waals surface area contributed by atoms with Crippen LogP contribution in [0.2, 0.25) is 0 Å². The highest BCUT2D eigenvalue weighted by Gasteiger charge is 2.09. The SMILES string of the molecule is CCCOc1cccc(-c2nc(C)nn2CC)c1. The molecule has 0 radical (unpaired) electrons. The summed E-state index contributed by atoms with van der Waals surface area (Å²) in [5.41, 5.74) is 1.05. The van der Waals surface area contributed by atoms with E-state index in [2.05, 4.69) is 23.9 Å². The van der Waals surface area contributed by atoms with Crippen LogP contribution >= 0.6 is 0 Å². The summed E-state index contributed by atoms with van der Waals surface area (Å²) < 4.78 is 7.55. The second-order valence-corrected chi connectivity index (χ2v) is 4.17. The Morgan fingerprint density at radius 3 is 2.83 bits per heavy atom. The maximum absolute atomic E-state index is 5.64. The van der Waals surface area contributed by atoms with Crippen molar-refractivity contribution >= 4 is 0 Å². The Morgan fingerprint density at radius 2 is 2.11 bits per heavy atom. The highest BCUT2D eigenvalue weighted by Crippen LogP contribution is 2.22. The zero-order chi connectivity index (χ0) is 13.0. The molecule has 4 nitrogen and oxygen atoms in total. The van der Waals surface area contributed by atoms with Crippen LogP contribution in [0.3, 0.4) is 0 Å². The topological polar surface area (TPSA) is 39.9 Å². The van der Waals surface area contributed by atoms with Crippen molar-refractivity contribution in [3.63, 3.8) is 0 Å². The van der Waals surface area contributed by atoms with Crippen LogP contribution in [-0.4, -0.2) is 21.4 Å². The lowest BCUT2D eigenvalue weighted by molar-refractivity contribution is 0.317. The van der Waals surface area contributed by atoms with Gasteiger partial charge in [-0.05, 0) is 32.4 Å². The van der Waals surface area contributed by atoms with E-state index in [0.717, 1.165) is 42.5 Å². The van der Waals surface area contributed by atoms with Crippen molar-refractivity contribution in [2.45, 2.75) is 33.7 Å². The smallest absolute Gasteiger partial charge is 0.158 e. The van der Waals surface area contributed by atoms with Crippen LogP contribution in [0.4, 0.5) is 0 Å². The van der Waals surface area contributed by atoms with Crippen LogP contribution < -0.4 is 4.74 Å². The molecule has 1 heterocycles. The molecule has 0 saturated carbocycles. The van der Waals surface area contributed by atoms with Gasteiger partial charge in [-0.3, -0.25) is 0 Å². The average Bonchev–Trinajstić information content (AvgIpc) is 2.78. The van der Waals surface area contributed by atoms with Crippen LogP contribution in [-0.2, 0) is 6.54 Å². The van der Waals surface area contributed by atoms with Gasteiger partial charge in [0.2, 0.25) is 0 Å². The molecule has 1 aromatic heterocycles. The van der Waals surface area contributed by atoms with Crippen molar-refractivity contribution in [2.24, 2.45) is 0 Å². The van der Waals surface area contributed by atoms with Gasteiger partial charge in [-0.25, -0.2) is 9.67 Å². The molecule has 0 amide bonds. The van der Waals surface area contributed by atoms with Crippen molar-refractivity contribution in [1.82, 2.24) is 14.8 Å². The summed E-state index contributed by atoms with van der Waals surface area (Å²) in [6.07, 6.45) is 1.01. The van der Waals surface area contributed by atoms with E-state index < -0.39 is 0 Å². The van der Waals surface area contributed by atoms with Crippen molar-refractivity contribution in [3.8, 4) is 17.1 Å². The van der Waals surface area contributed by atoms with E-state index in [1.54, 1.807) is 0 Å². The van der Waals surface area contributed by atoms with Gasteiger partial charge in [0.05, 0.1) is 6.61 Å². The zero-order valence-electron chi connectivity index (χ0n) is 11.2. The van der Waals surface area contributed by atoms with Crippen LogP contribution in [0.5, 0.6) is 5.75 Å². The van der Waals surface area contributed by atoms with Gasteiger partial charge in [0.1, 0.15) is 11.6 Å². The molecule has 0 bridgehead atoms. The minimum absolute atomic E-state index is 0.739. The summed E-state index contributed by atoms with van der Waals surface area (Å²) in [7, 11) is 0. The lowest BCUT2D eigenvalue weighted by atomic mass is 10.2. The Kier molecular flexibility index (Phi) is 3.97. The fraction of sp³-hybridized carbons (Fsp3) is 0.429. The molecule has 0 atom stereocenters. The number of nitrogens with zero attached hydrogens (tertiary/aromatic N) is 3. The predicted octanol–water partition coefficient (Wildman–Crippen LogP) is 3.06. The number of ether oxygens (including phenoxy) is 1. The molecule has 0 unspecified atom stereocenters. The zero-order valence-corrected chi connectivity index (χ0v) is 11.2. The highest BCUT2D eigenvalue weighted by atomic mass is 16.5. The predicted molar refractivity (Wildman–Crippen MR) is 71.7 cm³/mol. The first kappa shape index (κ1) is 12.6. The summed E-state index contributed by atoms with van der Waals surface area (Å²) in [6.45, 7) is 7.63. The van der Waals surface area contributed by atoms with Crippen molar-refractivity contribution in [3.05, 3.63) is 30.1 Å². The lowest BCUT2D eigenvalue weighted by Gasteiger charge is -2.07. The minimum atomic E-state index is 0.739. The molecule has 0 aliphatic heterocycles. The first-order valence-corrected chi connectivity index (χ1v) is 6.39. The molecular formula is C14H19N3O. The van der Waals surface area contributed by atoms with E-state index in [9.17, 15) is 0 Å². The Bertz CT molecular complexity index is 520. The minimum Gasteiger partial charge on any atom is -0.494 e. The lowest BCUT2D eigenvalue weighted by Crippen LogP contribution is -2.00. The summed E-state index contributed by atoms with van der Waals surface area (Å²) >= 11 is 0. The molecule has 2 rings (SSSR count). The van der Waals surface area contributed by atoms with Gasteiger partial charge in [-0.15, -0.1) is 0 Å². The first-order valence-electron chi connectivity index (χ1n) is 6.39. The van der Waals surface area contributed by atoms with Crippen molar-refractivity contribution in [2.75, 3.05) is 6.61 Å². The van der Waals surface area contributed by atoms with Crippen LogP contribution in [0.1, 0.15) is 26.1 Å². The molecule has 96 valence electrons. The third-order valence-electron chi connectivity index (χ3n) is 2.64. The second kappa shape index (κ2) is 5.67. The molecule has 0 fully saturated rings. The molecule has 0 saturated heterocycles. The molecule has 0 aliphatic carbocycles. The summed E-state index contributed by atoms with van der Waals surface area (Å²) in [4.78, 5) is 4.47. The highest BCUT2D eigenvalue weighted by molar-refractivity contribution is 5.57. The number of benzene rings is 1. The molecule has 0 aliphatic rings. The Hall–Kier alpha value is -1.84. The fourth-order valence-corrected chi connectivity index (χ4v) is 1.83.